The van der Waals surface area contributed by atoms with E-state index in [1.165, 1.54) is 10.4 Å². The summed E-state index contributed by atoms with van der Waals surface area (Å²) >= 11 is 3.28. The van der Waals surface area contributed by atoms with Crippen molar-refractivity contribution >= 4 is 37.5 Å². The van der Waals surface area contributed by atoms with Gasteiger partial charge in [-0.25, -0.2) is 17.2 Å². The second-order valence-electron chi connectivity index (χ2n) is 6.69. The number of sulfonamides is 1. The molecule has 1 fully saturated rings. The van der Waals surface area contributed by atoms with Gasteiger partial charge in [0, 0.05) is 42.4 Å². The first-order valence-electron chi connectivity index (χ1n) is 8.94. The number of benzene rings is 2. The minimum atomic E-state index is -3.60. The topological polar surface area (TPSA) is 69.7 Å². The van der Waals surface area contributed by atoms with E-state index in [1.807, 2.05) is 4.90 Å². The van der Waals surface area contributed by atoms with Gasteiger partial charge in [0.2, 0.25) is 15.9 Å². The van der Waals surface area contributed by atoms with Crippen LogP contribution in [0.1, 0.15) is 6.92 Å². The van der Waals surface area contributed by atoms with E-state index in [9.17, 15) is 22.0 Å². The first-order valence-corrected chi connectivity index (χ1v) is 11.2. The van der Waals surface area contributed by atoms with Crippen molar-refractivity contribution in [3.63, 3.8) is 0 Å². The number of carbonyl (C=O) groups excluding carboxylic acids is 1. The Kier molecular flexibility index (Phi) is 6.67. The highest BCUT2D eigenvalue weighted by Gasteiger charge is 2.31. The monoisotopic (exact) mass is 487 g/mol. The number of carbonyl (C=O) groups is 1. The molecule has 0 radical (unpaired) electrons. The molecule has 1 heterocycles. The molecule has 2 aromatic carbocycles. The van der Waals surface area contributed by atoms with Crippen LogP contribution in [0.5, 0.6) is 0 Å². The molecule has 0 aromatic heterocycles. The Balaban J connectivity index is 1.60. The van der Waals surface area contributed by atoms with Crippen LogP contribution in [-0.2, 0) is 14.8 Å². The molecule has 1 aliphatic heterocycles. The Morgan fingerprint density at radius 2 is 1.66 bits per heavy atom. The van der Waals surface area contributed by atoms with Gasteiger partial charge < -0.3 is 5.32 Å². The molecule has 2 aromatic rings. The van der Waals surface area contributed by atoms with Crippen molar-refractivity contribution in [2.45, 2.75) is 17.9 Å². The van der Waals surface area contributed by atoms with Gasteiger partial charge in [-0.3, -0.25) is 9.69 Å². The molecule has 0 bridgehead atoms. The van der Waals surface area contributed by atoms with Crippen LogP contribution in [0.15, 0.2) is 51.8 Å². The molecule has 10 heteroatoms. The van der Waals surface area contributed by atoms with E-state index in [4.69, 9.17) is 0 Å². The van der Waals surface area contributed by atoms with Gasteiger partial charge in [-0.1, -0.05) is 15.9 Å². The zero-order chi connectivity index (χ0) is 21.2. The zero-order valence-electron chi connectivity index (χ0n) is 15.6. The van der Waals surface area contributed by atoms with Crippen LogP contribution in [0.3, 0.4) is 0 Å². The summed E-state index contributed by atoms with van der Waals surface area (Å²) in [6.07, 6.45) is 0. The van der Waals surface area contributed by atoms with Gasteiger partial charge in [-0.15, -0.1) is 0 Å². The molecule has 1 amide bonds. The van der Waals surface area contributed by atoms with Gasteiger partial charge in [0.1, 0.15) is 0 Å². The van der Waals surface area contributed by atoms with Crippen LogP contribution in [-0.4, -0.2) is 55.8 Å². The van der Waals surface area contributed by atoms with Crippen molar-refractivity contribution in [2.75, 3.05) is 31.5 Å². The second-order valence-corrected chi connectivity index (χ2v) is 9.54. The highest BCUT2D eigenvalue weighted by Crippen LogP contribution is 2.21. The molecule has 1 atom stereocenters. The molecule has 29 heavy (non-hydrogen) atoms. The van der Waals surface area contributed by atoms with Crippen LogP contribution in [0, 0.1) is 11.6 Å². The third-order valence-corrected chi connectivity index (χ3v) is 7.28. The zero-order valence-corrected chi connectivity index (χ0v) is 18.0. The molecule has 1 saturated heterocycles. The lowest BCUT2D eigenvalue weighted by Gasteiger charge is -2.36. The predicted octanol–water partition coefficient (Wildman–Crippen LogP) is 3.06. The SMILES string of the molecule is C[C@@H](C(=O)Nc1ccc(F)c(F)c1)N1CCN(S(=O)(=O)c2ccc(Br)cc2)CC1. The molecule has 156 valence electrons. The molecule has 0 unspecified atom stereocenters. The Bertz CT molecular complexity index is 994. The maximum absolute atomic E-state index is 13.3. The number of anilines is 1. The Morgan fingerprint density at radius 1 is 1.03 bits per heavy atom. The molecule has 6 nitrogen and oxygen atoms in total. The van der Waals surface area contributed by atoms with Crippen molar-refractivity contribution in [3.05, 3.63) is 58.6 Å². The van der Waals surface area contributed by atoms with E-state index in [0.29, 0.717) is 13.1 Å². The lowest BCUT2D eigenvalue weighted by Crippen LogP contribution is -2.53. The maximum atomic E-state index is 13.3. The molecular weight excluding hydrogens is 468 g/mol. The van der Waals surface area contributed by atoms with Gasteiger partial charge in [0.25, 0.3) is 0 Å². The first-order chi connectivity index (χ1) is 13.7. The molecule has 1 N–H and O–H groups in total. The Labute approximate surface area is 176 Å². The molecule has 0 saturated carbocycles. The van der Waals surface area contributed by atoms with Gasteiger partial charge in [-0.2, -0.15) is 4.31 Å². The van der Waals surface area contributed by atoms with Crippen LogP contribution >= 0.6 is 15.9 Å². The minimum Gasteiger partial charge on any atom is -0.325 e. The summed E-state index contributed by atoms with van der Waals surface area (Å²) in [6, 6.07) is 9.03. The minimum absolute atomic E-state index is 0.164. The molecule has 3 rings (SSSR count). The smallest absolute Gasteiger partial charge is 0.243 e. The number of rotatable bonds is 5. The number of nitrogens with one attached hydrogen (secondary N) is 1. The molecule has 0 spiro atoms. The summed E-state index contributed by atoms with van der Waals surface area (Å²) < 4.78 is 54.0. The second kappa shape index (κ2) is 8.86. The fourth-order valence-electron chi connectivity index (χ4n) is 3.07. The van der Waals surface area contributed by atoms with E-state index >= 15 is 0 Å². The van der Waals surface area contributed by atoms with Crippen molar-refractivity contribution in [1.29, 1.82) is 0 Å². The lowest BCUT2D eigenvalue weighted by atomic mass is 10.2. The Morgan fingerprint density at radius 3 is 2.24 bits per heavy atom. The normalized spacial score (nSPS) is 17.1. The van der Waals surface area contributed by atoms with Gasteiger partial charge in [0.15, 0.2) is 11.6 Å². The van der Waals surface area contributed by atoms with Crippen LogP contribution in [0.4, 0.5) is 14.5 Å². The average molecular weight is 488 g/mol. The van der Waals surface area contributed by atoms with Crippen LogP contribution < -0.4 is 5.32 Å². The average Bonchev–Trinajstić information content (AvgIpc) is 2.70. The van der Waals surface area contributed by atoms with E-state index in [1.54, 1.807) is 31.2 Å². The number of nitrogens with zero attached hydrogens (tertiary/aromatic N) is 2. The molecular formula is C19H20BrF2N3O3S. The summed E-state index contributed by atoms with van der Waals surface area (Å²) in [6.45, 7) is 2.95. The standard InChI is InChI=1S/C19H20BrF2N3O3S/c1-13(19(26)23-15-4-7-17(21)18(22)12-15)24-8-10-25(11-9-24)29(27,28)16-5-2-14(20)3-6-16/h2-7,12-13H,8-11H2,1H3,(H,23,26)/t13-/m0/s1. The fraction of sp³-hybridized carbons (Fsp3) is 0.316. The first kappa shape index (κ1) is 21.8. The van der Waals surface area contributed by atoms with Crippen molar-refractivity contribution in [2.24, 2.45) is 0 Å². The largest absolute Gasteiger partial charge is 0.325 e. The van der Waals surface area contributed by atoms with Crippen molar-refractivity contribution in [3.8, 4) is 0 Å². The third kappa shape index (κ3) is 5.00. The number of piperazine rings is 1. The van der Waals surface area contributed by atoms with Gasteiger partial charge >= 0.3 is 0 Å². The highest BCUT2D eigenvalue weighted by atomic mass is 79.9. The predicted molar refractivity (Wildman–Crippen MR) is 109 cm³/mol. The summed E-state index contributed by atoms with van der Waals surface area (Å²) in [4.78, 5) is 14.5. The maximum Gasteiger partial charge on any atom is 0.243 e. The van der Waals surface area contributed by atoms with Gasteiger partial charge in [-0.05, 0) is 43.3 Å². The number of hydrogen-bond acceptors (Lipinski definition) is 4. The van der Waals surface area contributed by atoms with Crippen LogP contribution in [0.2, 0.25) is 0 Å². The summed E-state index contributed by atoms with van der Waals surface area (Å²) in [7, 11) is -3.60. The quantitative estimate of drug-likeness (QED) is 0.703. The molecule has 0 aliphatic carbocycles. The third-order valence-electron chi connectivity index (χ3n) is 4.84. The van der Waals surface area contributed by atoms with Crippen molar-refractivity contribution < 1.29 is 22.0 Å². The summed E-state index contributed by atoms with van der Waals surface area (Å²) in [5.41, 5.74) is 0.164. The number of hydrogen-bond donors (Lipinski definition) is 1. The van der Waals surface area contributed by atoms with Crippen LogP contribution in [0.25, 0.3) is 0 Å². The van der Waals surface area contributed by atoms with Gasteiger partial charge in [0.05, 0.1) is 10.9 Å². The van der Waals surface area contributed by atoms with E-state index < -0.39 is 27.7 Å². The lowest BCUT2D eigenvalue weighted by molar-refractivity contribution is -0.121. The fourth-order valence-corrected chi connectivity index (χ4v) is 4.76. The summed E-state index contributed by atoms with van der Waals surface area (Å²) in [5, 5.41) is 2.56. The Hall–Kier alpha value is -1.88. The highest BCUT2D eigenvalue weighted by molar-refractivity contribution is 9.10. The van der Waals surface area contributed by atoms with Crippen molar-refractivity contribution in [1.82, 2.24) is 9.21 Å². The van der Waals surface area contributed by atoms with E-state index in [0.717, 1.165) is 16.6 Å². The van der Waals surface area contributed by atoms with E-state index in [-0.39, 0.29) is 29.6 Å². The van der Waals surface area contributed by atoms with E-state index in [2.05, 4.69) is 21.2 Å². The molecule has 1 aliphatic rings. The summed E-state index contributed by atoms with van der Waals surface area (Å²) in [5.74, 6) is -2.40. The number of amides is 1. The number of halogens is 3.